The number of hydrogen-bond acceptors (Lipinski definition) is 4. The lowest BCUT2D eigenvalue weighted by molar-refractivity contribution is 0.0310. The maximum Gasteiger partial charge on any atom is 0.417 e. The van der Waals surface area contributed by atoms with Crippen LogP contribution in [0.2, 0.25) is 0 Å². The van der Waals surface area contributed by atoms with Crippen LogP contribution < -0.4 is 5.32 Å². The molecule has 182 valence electrons. The Balaban J connectivity index is 1.75. The molecule has 0 fully saturated rings. The van der Waals surface area contributed by atoms with Crippen molar-refractivity contribution in [3.8, 4) is 0 Å². The minimum atomic E-state index is -0.777. The van der Waals surface area contributed by atoms with E-state index in [-0.39, 0.29) is 18.3 Å². The van der Waals surface area contributed by atoms with Crippen molar-refractivity contribution < 1.29 is 22.7 Å². The quantitative estimate of drug-likeness (QED) is 0.477. The molecule has 8 heteroatoms. The van der Waals surface area contributed by atoms with E-state index < -0.39 is 35.4 Å². The van der Waals surface area contributed by atoms with Crippen LogP contribution in [0, 0.1) is 17.5 Å². The van der Waals surface area contributed by atoms with E-state index in [4.69, 9.17) is 9.73 Å². The summed E-state index contributed by atoms with van der Waals surface area (Å²) in [5.74, 6) is -0.917. The number of nitrogens with zero attached hydrogens (tertiary/aromatic N) is 2. The maximum absolute atomic E-state index is 13.7. The van der Waals surface area contributed by atoms with Crippen LogP contribution in [-0.2, 0) is 11.3 Å². The highest BCUT2D eigenvalue weighted by molar-refractivity contribution is 5.96. The van der Waals surface area contributed by atoms with Crippen LogP contribution in [-0.4, -0.2) is 22.6 Å². The largest absolute Gasteiger partial charge is 0.443 e. The van der Waals surface area contributed by atoms with Crippen molar-refractivity contribution in [3.05, 3.63) is 107 Å². The standard InChI is InChI=1S/C27H26F3N3O2/c1-27(2,3)35-26(34)33-24(19-8-14-22(30)15-9-19)23(18-6-12-21(29)13-7-18)32-25(33)31-16-17-4-10-20(28)11-5-17/h4-15,23-24H,16H2,1-3H3,(H,31,32)/t23-,24+/m0/s1. The number of guanidine groups is 1. The van der Waals surface area contributed by atoms with Crippen LogP contribution in [0.15, 0.2) is 77.8 Å². The highest BCUT2D eigenvalue weighted by Crippen LogP contribution is 2.42. The third kappa shape index (κ3) is 5.82. The summed E-state index contributed by atoms with van der Waals surface area (Å²) in [7, 11) is 0. The Morgan fingerprint density at radius 3 is 1.86 bits per heavy atom. The summed E-state index contributed by atoms with van der Waals surface area (Å²) >= 11 is 0. The molecule has 2 atom stereocenters. The van der Waals surface area contributed by atoms with E-state index in [1.54, 1.807) is 57.2 Å². The zero-order valence-corrected chi connectivity index (χ0v) is 19.6. The van der Waals surface area contributed by atoms with Crippen molar-refractivity contribution in [2.45, 2.75) is 45.0 Å². The van der Waals surface area contributed by atoms with E-state index in [9.17, 15) is 18.0 Å². The number of nitrogens with one attached hydrogen (secondary N) is 1. The van der Waals surface area contributed by atoms with Crippen molar-refractivity contribution in [1.29, 1.82) is 0 Å². The van der Waals surface area contributed by atoms with Gasteiger partial charge in [0.2, 0.25) is 5.96 Å². The molecule has 0 spiro atoms. The van der Waals surface area contributed by atoms with Gasteiger partial charge in [-0.3, -0.25) is 0 Å². The molecule has 1 aliphatic rings. The Hall–Kier alpha value is -3.81. The Morgan fingerprint density at radius 1 is 0.857 bits per heavy atom. The van der Waals surface area contributed by atoms with Gasteiger partial charge in [0.05, 0.1) is 6.04 Å². The summed E-state index contributed by atoms with van der Waals surface area (Å²) in [5.41, 5.74) is 1.31. The molecule has 1 amide bonds. The van der Waals surface area contributed by atoms with Gasteiger partial charge in [-0.15, -0.1) is 0 Å². The smallest absolute Gasteiger partial charge is 0.417 e. The number of amides is 1. The van der Waals surface area contributed by atoms with Crippen LogP contribution in [0.4, 0.5) is 18.0 Å². The van der Waals surface area contributed by atoms with Crippen LogP contribution in [0.25, 0.3) is 0 Å². The Bertz CT molecular complexity index is 1200. The molecule has 0 bridgehead atoms. The van der Waals surface area contributed by atoms with Crippen LogP contribution in [0.5, 0.6) is 0 Å². The number of carbonyl (C=O) groups excluding carboxylic acids is 1. The van der Waals surface area contributed by atoms with Gasteiger partial charge in [0.25, 0.3) is 0 Å². The third-order valence-electron chi connectivity index (χ3n) is 5.44. The molecule has 0 radical (unpaired) electrons. The topological polar surface area (TPSA) is 53.9 Å². The molecule has 0 saturated carbocycles. The number of rotatable bonds is 4. The zero-order valence-electron chi connectivity index (χ0n) is 19.6. The van der Waals surface area contributed by atoms with Gasteiger partial charge in [0.15, 0.2) is 0 Å². The Morgan fingerprint density at radius 2 is 1.34 bits per heavy atom. The molecule has 0 aliphatic carbocycles. The molecule has 4 rings (SSSR count). The van der Waals surface area contributed by atoms with Gasteiger partial charge >= 0.3 is 6.09 Å². The minimum absolute atomic E-state index is 0.243. The lowest BCUT2D eigenvalue weighted by atomic mass is 9.94. The van der Waals surface area contributed by atoms with Gasteiger partial charge in [0.1, 0.15) is 29.1 Å². The molecule has 3 aromatic carbocycles. The average molecular weight is 482 g/mol. The summed E-state index contributed by atoms with van der Waals surface area (Å²) in [6.45, 7) is 5.54. The third-order valence-corrected chi connectivity index (χ3v) is 5.44. The number of aliphatic imine (C=N–C) groups is 1. The summed E-state index contributed by atoms with van der Waals surface area (Å²) in [5, 5.41) is 3.16. The Labute approximate surface area is 202 Å². The number of carbonyl (C=O) groups is 1. The first-order valence-electron chi connectivity index (χ1n) is 11.2. The number of ether oxygens (including phenoxy) is 1. The van der Waals surface area contributed by atoms with E-state index in [1.165, 1.54) is 41.3 Å². The number of halogens is 3. The lowest BCUT2D eigenvalue weighted by Gasteiger charge is -2.31. The molecule has 1 aliphatic heterocycles. The maximum atomic E-state index is 13.7. The van der Waals surface area contributed by atoms with Gasteiger partial charge in [-0.25, -0.2) is 27.9 Å². The number of hydrogen-bond donors (Lipinski definition) is 1. The second kappa shape index (κ2) is 9.82. The van der Waals surface area contributed by atoms with Crippen LogP contribution in [0.3, 0.4) is 0 Å². The highest BCUT2D eigenvalue weighted by Gasteiger charge is 2.43. The van der Waals surface area contributed by atoms with Gasteiger partial charge in [0, 0.05) is 6.54 Å². The van der Waals surface area contributed by atoms with Crippen molar-refractivity contribution in [3.63, 3.8) is 0 Å². The first-order chi connectivity index (χ1) is 16.6. The molecule has 1 heterocycles. The van der Waals surface area contributed by atoms with Gasteiger partial charge in [-0.05, 0) is 73.9 Å². The molecule has 0 aromatic heterocycles. The Kier molecular flexibility index (Phi) is 6.82. The first-order valence-corrected chi connectivity index (χ1v) is 11.2. The van der Waals surface area contributed by atoms with Gasteiger partial charge in [-0.1, -0.05) is 36.4 Å². The molecular formula is C27H26F3N3O2. The minimum Gasteiger partial charge on any atom is -0.443 e. The predicted molar refractivity (Wildman–Crippen MR) is 127 cm³/mol. The molecule has 1 N–H and O–H groups in total. The normalized spacial score (nSPS) is 17.8. The SMILES string of the molecule is CC(C)(C)OC(=O)N1C(NCc2ccc(F)cc2)=N[C@@H](c2ccc(F)cc2)[C@H]1c1ccc(F)cc1. The van der Waals surface area contributed by atoms with Crippen molar-refractivity contribution in [2.75, 3.05) is 0 Å². The van der Waals surface area contributed by atoms with Crippen molar-refractivity contribution in [1.82, 2.24) is 10.2 Å². The lowest BCUT2D eigenvalue weighted by Crippen LogP contribution is -2.46. The van der Waals surface area contributed by atoms with E-state index in [2.05, 4.69) is 5.32 Å². The fourth-order valence-electron chi connectivity index (χ4n) is 3.87. The average Bonchev–Trinajstić information content (AvgIpc) is 3.18. The number of benzene rings is 3. The molecule has 35 heavy (non-hydrogen) atoms. The molecule has 5 nitrogen and oxygen atoms in total. The molecule has 3 aromatic rings. The van der Waals surface area contributed by atoms with E-state index >= 15 is 0 Å². The second-order valence-electron chi connectivity index (χ2n) is 9.28. The predicted octanol–water partition coefficient (Wildman–Crippen LogP) is 6.28. The highest BCUT2D eigenvalue weighted by atomic mass is 19.1. The monoisotopic (exact) mass is 481 g/mol. The van der Waals surface area contributed by atoms with Gasteiger partial charge < -0.3 is 10.1 Å². The van der Waals surface area contributed by atoms with Crippen molar-refractivity contribution in [2.24, 2.45) is 4.99 Å². The van der Waals surface area contributed by atoms with Gasteiger partial charge in [-0.2, -0.15) is 0 Å². The zero-order chi connectivity index (χ0) is 25.2. The first kappa shape index (κ1) is 24.3. The fraction of sp³-hybridized carbons (Fsp3) is 0.259. The second-order valence-corrected chi connectivity index (χ2v) is 9.28. The summed E-state index contributed by atoms with van der Waals surface area (Å²) in [6, 6.07) is 16.4. The van der Waals surface area contributed by atoms with E-state index in [0.717, 1.165) is 5.56 Å². The summed E-state index contributed by atoms with van der Waals surface area (Å²) < 4.78 is 46.4. The van der Waals surface area contributed by atoms with E-state index in [0.29, 0.717) is 11.1 Å². The summed E-state index contributed by atoms with van der Waals surface area (Å²) in [4.78, 5) is 19.6. The van der Waals surface area contributed by atoms with Crippen LogP contribution >= 0.6 is 0 Å². The fourth-order valence-corrected chi connectivity index (χ4v) is 3.87. The van der Waals surface area contributed by atoms with E-state index in [1.807, 2.05) is 0 Å². The molecule has 0 unspecified atom stereocenters. The molecule has 0 saturated heterocycles. The molecular weight excluding hydrogens is 455 g/mol. The van der Waals surface area contributed by atoms with Crippen molar-refractivity contribution >= 4 is 12.1 Å². The van der Waals surface area contributed by atoms with Crippen LogP contribution in [0.1, 0.15) is 49.5 Å². The summed E-state index contributed by atoms with van der Waals surface area (Å²) in [6.07, 6.45) is -0.637.